The van der Waals surface area contributed by atoms with Crippen molar-refractivity contribution in [2.45, 2.75) is 19.1 Å². The molecule has 188 valence electrons. The van der Waals surface area contributed by atoms with Crippen molar-refractivity contribution >= 4 is 38.9 Å². The monoisotopic (exact) mass is 540 g/mol. The normalized spacial score (nSPS) is 12.5. The van der Waals surface area contributed by atoms with Crippen LogP contribution in [0.2, 0.25) is 10.0 Å². The quantitative estimate of drug-likeness (QED) is 0.338. The maximum Gasteiger partial charge on any atom is 0.229 e. The molecule has 0 aliphatic heterocycles. The third-order valence-corrected chi connectivity index (χ3v) is 6.41. The molecule has 0 aliphatic carbocycles. The number of aliphatic hydroxyl groups is 1. The Kier molecular flexibility index (Phi) is 9.77. The maximum atomic E-state index is 13.7. The van der Waals surface area contributed by atoms with Gasteiger partial charge in [-0.15, -0.1) is 0 Å². The SMILES string of the molecule is CS(=O)(=O)Nc1ccc(OC[C@@H](O)CN(CCc2ccc(Cl)c(Cl)c2)Cc2cccc(F)c2)cc1. The van der Waals surface area contributed by atoms with Crippen LogP contribution in [0, 0.1) is 5.82 Å². The summed E-state index contributed by atoms with van der Waals surface area (Å²) in [6, 6.07) is 18.2. The van der Waals surface area contributed by atoms with Gasteiger partial charge in [-0.1, -0.05) is 41.4 Å². The highest BCUT2D eigenvalue weighted by Crippen LogP contribution is 2.23. The lowest BCUT2D eigenvalue weighted by molar-refractivity contribution is 0.0659. The van der Waals surface area contributed by atoms with E-state index in [4.69, 9.17) is 27.9 Å². The third-order valence-electron chi connectivity index (χ3n) is 5.06. The van der Waals surface area contributed by atoms with Gasteiger partial charge >= 0.3 is 0 Å². The largest absolute Gasteiger partial charge is 0.491 e. The summed E-state index contributed by atoms with van der Waals surface area (Å²) in [6.07, 6.45) is 0.922. The van der Waals surface area contributed by atoms with Crippen LogP contribution in [0.5, 0.6) is 5.75 Å². The Hall–Kier alpha value is -2.36. The van der Waals surface area contributed by atoms with Gasteiger partial charge in [0.05, 0.1) is 16.3 Å². The second-order valence-electron chi connectivity index (χ2n) is 8.23. The van der Waals surface area contributed by atoms with Gasteiger partial charge in [-0.2, -0.15) is 0 Å². The smallest absolute Gasteiger partial charge is 0.229 e. The summed E-state index contributed by atoms with van der Waals surface area (Å²) in [7, 11) is -3.36. The summed E-state index contributed by atoms with van der Waals surface area (Å²) in [5.41, 5.74) is 2.21. The molecule has 3 aromatic rings. The Morgan fingerprint density at radius 2 is 1.77 bits per heavy atom. The molecule has 0 saturated carbocycles. The fraction of sp³-hybridized carbons (Fsp3) is 0.280. The van der Waals surface area contributed by atoms with Crippen molar-refractivity contribution in [3.05, 3.63) is 93.7 Å². The zero-order valence-electron chi connectivity index (χ0n) is 19.1. The molecule has 0 unspecified atom stereocenters. The van der Waals surface area contributed by atoms with Crippen molar-refractivity contribution in [2.75, 3.05) is 30.7 Å². The molecule has 0 aliphatic rings. The van der Waals surface area contributed by atoms with Crippen molar-refractivity contribution < 1.29 is 22.7 Å². The lowest BCUT2D eigenvalue weighted by Crippen LogP contribution is -2.36. The Morgan fingerprint density at radius 1 is 1.03 bits per heavy atom. The van der Waals surface area contributed by atoms with Gasteiger partial charge < -0.3 is 9.84 Å². The number of benzene rings is 3. The molecule has 1 atom stereocenters. The number of nitrogens with zero attached hydrogens (tertiary/aromatic N) is 1. The van der Waals surface area contributed by atoms with E-state index in [1.54, 1.807) is 36.4 Å². The molecule has 10 heteroatoms. The molecule has 3 rings (SSSR count). The molecular weight excluding hydrogens is 514 g/mol. The van der Waals surface area contributed by atoms with E-state index in [9.17, 15) is 17.9 Å². The molecule has 6 nitrogen and oxygen atoms in total. The third kappa shape index (κ3) is 9.66. The van der Waals surface area contributed by atoms with E-state index in [-0.39, 0.29) is 12.4 Å². The number of anilines is 1. The Labute approximate surface area is 215 Å². The Bertz CT molecular complexity index is 1230. The minimum absolute atomic E-state index is 0.0330. The second kappa shape index (κ2) is 12.6. The van der Waals surface area contributed by atoms with Gasteiger partial charge in [-0.3, -0.25) is 9.62 Å². The zero-order chi connectivity index (χ0) is 25.4. The van der Waals surface area contributed by atoms with E-state index in [0.29, 0.717) is 47.5 Å². The number of sulfonamides is 1. The lowest BCUT2D eigenvalue weighted by atomic mass is 10.1. The minimum Gasteiger partial charge on any atom is -0.491 e. The first-order valence-electron chi connectivity index (χ1n) is 10.9. The first-order chi connectivity index (χ1) is 16.6. The van der Waals surface area contributed by atoms with Crippen molar-refractivity contribution in [3.8, 4) is 5.75 Å². The van der Waals surface area contributed by atoms with Crippen molar-refractivity contribution in [2.24, 2.45) is 0 Å². The highest BCUT2D eigenvalue weighted by atomic mass is 35.5. The summed E-state index contributed by atoms with van der Waals surface area (Å²) < 4.78 is 44.4. The molecule has 35 heavy (non-hydrogen) atoms. The van der Waals surface area contributed by atoms with E-state index in [1.165, 1.54) is 12.1 Å². The van der Waals surface area contributed by atoms with Crippen LogP contribution in [0.25, 0.3) is 0 Å². The number of aliphatic hydroxyl groups excluding tert-OH is 1. The predicted molar refractivity (Wildman–Crippen MR) is 138 cm³/mol. The molecule has 0 aromatic heterocycles. The van der Waals surface area contributed by atoms with Crippen LogP contribution >= 0.6 is 23.2 Å². The van der Waals surface area contributed by atoms with E-state index in [2.05, 4.69) is 4.72 Å². The highest BCUT2D eigenvalue weighted by Gasteiger charge is 2.15. The fourth-order valence-electron chi connectivity index (χ4n) is 3.49. The Morgan fingerprint density at radius 3 is 2.43 bits per heavy atom. The van der Waals surface area contributed by atoms with Gasteiger partial charge in [-0.25, -0.2) is 12.8 Å². The van der Waals surface area contributed by atoms with Crippen LogP contribution in [0.3, 0.4) is 0 Å². The van der Waals surface area contributed by atoms with Crippen LogP contribution in [0.15, 0.2) is 66.7 Å². The average molecular weight is 541 g/mol. The van der Waals surface area contributed by atoms with Crippen LogP contribution in [-0.2, 0) is 23.0 Å². The van der Waals surface area contributed by atoms with Crippen molar-refractivity contribution in [1.82, 2.24) is 4.90 Å². The van der Waals surface area contributed by atoms with Gasteiger partial charge in [0.25, 0.3) is 0 Å². The lowest BCUT2D eigenvalue weighted by Gasteiger charge is -2.25. The average Bonchev–Trinajstić information content (AvgIpc) is 2.78. The topological polar surface area (TPSA) is 78.9 Å². The molecule has 0 heterocycles. The standard InChI is InChI=1S/C25H27Cl2FN2O4S/c1-35(32,33)29-21-6-8-23(9-7-21)34-17-22(31)16-30(15-19-3-2-4-20(28)13-19)12-11-18-5-10-24(26)25(27)14-18/h2-10,13-14,22,29,31H,11-12,15-17H2,1H3/t22-/m0/s1. The summed E-state index contributed by atoms with van der Waals surface area (Å²) in [6.45, 7) is 1.37. The van der Waals surface area contributed by atoms with Crippen molar-refractivity contribution in [3.63, 3.8) is 0 Å². The predicted octanol–water partition coefficient (Wildman–Crippen LogP) is 4.99. The van der Waals surface area contributed by atoms with E-state index >= 15 is 0 Å². The number of hydrogen-bond acceptors (Lipinski definition) is 5. The van der Waals surface area contributed by atoms with Gasteiger partial charge in [0, 0.05) is 25.3 Å². The van der Waals surface area contributed by atoms with Crippen LogP contribution in [-0.4, -0.2) is 50.5 Å². The molecule has 0 radical (unpaired) electrons. The van der Waals surface area contributed by atoms with Crippen molar-refractivity contribution in [1.29, 1.82) is 0 Å². The van der Waals surface area contributed by atoms with E-state index in [1.807, 2.05) is 23.1 Å². The summed E-state index contributed by atoms with van der Waals surface area (Å²) in [5, 5.41) is 11.6. The summed E-state index contributed by atoms with van der Waals surface area (Å²) in [4.78, 5) is 2.02. The Balaban J connectivity index is 1.60. The van der Waals surface area contributed by atoms with Gasteiger partial charge in [0.15, 0.2) is 0 Å². The van der Waals surface area contributed by atoms with E-state index < -0.39 is 16.1 Å². The first-order valence-corrected chi connectivity index (χ1v) is 13.5. The molecule has 0 saturated heterocycles. The number of halogens is 3. The van der Waals surface area contributed by atoms with Crippen LogP contribution in [0.1, 0.15) is 11.1 Å². The van der Waals surface area contributed by atoms with Crippen LogP contribution < -0.4 is 9.46 Å². The molecule has 0 amide bonds. The highest BCUT2D eigenvalue weighted by molar-refractivity contribution is 7.92. The molecule has 3 aromatic carbocycles. The number of hydrogen-bond donors (Lipinski definition) is 2. The number of rotatable bonds is 12. The number of nitrogens with one attached hydrogen (secondary N) is 1. The number of ether oxygens (including phenoxy) is 1. The molecule has 2 N–H and O–H groups in total. The van der Waals surface area contributed by atoms with Gasteiger partial charge in [-0.05, 0) is 66.1 Å². The molecule has 0 fully saturated rings. The van der Waals surface area contributed by atoms with Gasteiger partial charge in [0.1, 0.15) is 24.3 Å². The summed E-state index contributed by atoms with van der Waals surface area (Å²) >= 11 is 12.1. The first kappa shape index (κ1) is 27.2. The molecule has 0 bridgehead atoms. The zero-order valence-corrected chi connectivity index (χ0v) is 21.5. The van der Waals surface area contributed by atoms with Gasteiger partial charge in [0.2, 0.25) is 10.0 Å². The molecular formula is C25H27Cl2FN2O4S. The minimum atomic E-state index is -3.36. The van der Waals surface area contributed by atoms with E-state index in [0.717, 1.165) is 17.4 Å². The summed E-state index contributed by atoms with van der Waals surface area (Å²) in [5.74, 6) is 0.181. The maximum absolute atomic E-state index is 13.7. The molecule has 0 spiro atoms. The fourth-order valence-corrected chi connectivity index (χ4v) is 4.37. The second-order valence-corrected chi connectivity index (χ2v) is 10.8. The van der Waals surface area contributed by atoms with Crippen LogP contribution in [0.4, 0.5) is 10.1 Å².